The number of aromatic nitrogens is 5. The summed E-state index contributed by atoms with van der Waals surface area (Å²) < 4.78 is 11.5. The van der Waals surface area contributed by atoms with E-state index >= 15 is 0 Å². The Bertz CT molecular complexity index is 1610. The summed E-state index contributed by atoms with van der Waals surface area (Å²) in [5, 5.41) is 22.0. The lowest BCUT2D eigenvalue weighted by molar-refractivity contribution is 0.201. The first kappa shape index (κ1) is 29.3. The molecule has 3 aromatic heterocycles. The molecule has 0 radical (unpaired) electrons. The van der Waals surface area contributed by atoms with Crippen molar-refractivity contribution < 1.29 is 19.7 Å². The Labute approximate surface area is 252 Å². The molecule has 3 heterocycles. The first-order valence-corrected chi connectivity index (χ1v) is 13.9. The summed E-state index contributed by atoms with van der Waals surface area (Å²) in [6.07, 6.45) is 5.69. The normalized spacial score (nSPS) is 11.0. The number of aliphatic hydroxyl groups excluding tert-OH is 2. The lowest BCUT2D eigenvalue weighted by Crippen LogP contribution is -2.07. The van der Waals surface area contributed by atoms with E-state index in [0.717, 1.165) is 11.1 Å². The van der Waals surface area contributed by atoms with Crippen LogP contribution in [0.2, 0.25) is 10.0 Å². The molecule has 0 fully saturated rings. The molecule has 0 saturated heterocycles. The highest BCUT2D eigenvalue weighted by Crippen LogP contribution is 2.40. The summed E-state index contributed by atoms with van der Waals surface area (Å²) in [4.78, 5) is 21.4. The van der Waals surface area contributed by atoms with Crippen LogP contribution in [0.5, 0.6) is 11.5 Å². The maximum absolute atomic E-state index is 9.13. The Hall–Kier alpha value is -4.22. The van der Waals surface area contributed by atoms with Crippen LogP contribution in [-0.2, 0) is 6.61 Å². The number of H-pyrrole nitrogens is 1. The lowest BCUT2D eigenvalue weighted by atomic mass is 10.1. The Morgan fingerprint density at radius 1 is 0.881 bits per heavy atom. The van der Waals surface area contributed by atoms with Gasteiger partial charge in [-0.2, -0.15) is 0 Å². The van der Waals surface area contributed by atoms with E-state index in [0.29, 0.717) is 75.5 Å². The van der Waals surface area contributed by atoms with Gasteiger partial charge in [-0.15, -0.1) is 0 Å². The number of nitrogens with zero attached hydrogens (tertiary/aromatic N) is 4. The number of hydrogen-bond donors (Lipinski definition) is 4. The molecule has 216 valence electrons. The highest BCUT2D eigenvalue weighted by molar-refractivity contribution is 6.39. The van der Waals surface area contributed by atoms with E-state index in [9.17, 15) is 0 Å². The van der Waals surface area contributed by atoms with Gasteiger partial charge in [0, 0.05) is 42.9 Å². The van der Waals surface area contributed by atoms with E-state index in [2.05, 4.69) is 25.3 Å². The molecule has 0 spiro atoms. The molecule has 0 bridgehead atoms. The van der Waals surface area contributed by atoms with Gasteiger partial charge in [0.05, 0.1) is 39.3 Å². The summed E-state index contributed by atoms with van der Waals surface area (Å²) >= 11 is 13.3. The third-order valence-electron chi connectivity index (χ3n) is 6.08. The fraction of sp³-hybridized carbons (Fsp3) is 0.200. The standard InChI is InChI=1S/C30H28Cl2N6O4/c31-23-15-22(41-13-12-40)16-24(32)26(23)29-37-27(28(38-29)25-7-10-35-30(36-25)34-9-3-11-39)20-5-1-6-21(14-20)42-18-19-4-2-8-33-17-19/h1-2,4-8,10,14-17,39-40H,3,9,11-13,18H2,(H,37,38)(H,34,35,36). The summed E-state index contributed by atoms with van der Waals surface area (Å²) in [7, 11) is 0. The number of anilines is 1. The summed E-state index contributed by atoms with van der Waals surface area (Å²) in [5.41, 5.74) is 4.02. The van der Waals surface area contributed by atoms with Crippen LogP contribution in [0.15, 0.2) is 73.2 Å². The number of pyridine rings is 1. The fourth-order valence-electron chi connectivity index (χ4n) is 4.15. The van der Waals surface area contributed by atoms with Crippen LogP contribution in [0.3, 0.4) is 0 Å². The predicted molar refractivity (Wildman–Crippen MR) is 162 cm³/mol. The zero-order valence-electron chi connectivity index (χ0n) is 22.4. The molecule has 5 aromatic rings. The molecule has 4 N–H and O–H groups in total. The minimum absolute atomic E-state index is 0.0608. The smallest absolute Gasteiger partial charge is 0.223 e. The Morgan fingerprint density at radius 3 is 2.50 bits per heavy atom. The van der Waals surface area contributed by atoms with Crippen LogP contribution in [0.4, 0.5) is 5.95 Å². The number of benzene rings is 2. The summed E-state index contributed by atoms with van der Waals surface area (Å²) in [6.45, 7) is 0.921. The average Bonchev–Trinajstić information content (AvgIpc) is 3.45. The van der Waals surface area contributed by atoms with Crippen molar-refractivity contribution in [3.8, 4) is 45.5 Å². The molecule has 42 heavy (non-hydrogen) atoms. The van der Waals surface area contributed by atoms with Gasteiger partial charge in [0.25, 0.3) is 0 Å². The maximum Gasteiger partial charge on any atom is 0.223 e. The molecular formula is C30H28Cl2N6O4. The molecular weight excluding hydrogens is 579 g/mol. The molecule has 0 amide bonds. The minimum atomic E-state index is -0.136. The monoisotopic (exact) mass is 606 g/mol. The molecule has 0 unspecified atom stereocenters. The summed E-state index contributed by atoms with van der Waals surface area (Å²) in [6, 6.07) is 16.4. The van der Waals surface area contributed by atoms with Gasteiger partial charge < -0.3 is 30.0 Å². The first-order valence-electron chi connectivity index (χ1n) is 13.2. The Morgan fingerprint density at radius 2 is 1.74 bits per heavy atom. The van der Waals surface area contributed by atoms with Crippen molar-refractivity contribution in [2.75, 3.05) is 31.7 Å². The second kappa shape index (κ2) is 14.1. The number of halogens is 2. The molecule has 5 rings (SSSR count). The second-order valence-corrected chi connectivity index (χ2v) is 9.90. The van der Waals surface area contributed by atoms with E-state index in [1.807, 2.05) is 36.4 Å². The molecule has 0 saturated carbocycles. The number of aromatic amines is 1. The van der Waals surface area contributed by atoms with Crippen molar-refractivity contribution in [1.29, 1.82) is 0 Å². The van der Waals surface area contributed by atoms with Crippen LogP contribution in [0.25, 0.3) is 34.0 Å². The molecule has 0 aliphatic heterocycles. The molecule has 0 aliphatic rings. The zero-order chi connectivity index (χ0) is 29.3. The van der Waals surface area contributed by atoms with E-state index in [4.69, 9.17) is 47.9 Å². The Kier molecular flexibility index (Phi) is 9.83. The SMILES string of the molecule is OCCCNc1nccc(-c2[nH]c(-c3c(Cl)cc(OCCO)cc3Cl)nc2-c2cccc(OCc3cccnc3)c2)n1. The zero-order valence-corrected chi connectivity index (χ0v) is 23.9. The van der Waals surface area contributed by atoms with E-state index < -0.39 is 0 Å². The van der Waals surface area contributed by atoms with Gasteiger partial charge in [0.2, 0.25) is 5.95 Å². The van der Waals surface area contributed by atoms with Crippen molar-refractivity contribution >= 4 is 29.2 Å². The van der Waals surface area contributed by atoms with Gasteiger partial charge in [-0.25, -0.2) is 15.0 Å². The maximum atomic E-state index is 9.13. The topological polar surface area (TPSA) is 138 Å². The van der Waals surface area contributed by atoms with Gasteiger partial charge in [-0.05, 0) is 42.8 Å². The van der Waals surface area contributed by atoms with Crippen LogP contribution in [-0.4, -0.2) is 61.5 Å². The van der Waals surface area contributed by atoms with Gasteiger partial charge in [0.1, 0.15) is 30.5 Å². The minimum Gasteiger partial charge on any atom is -0.491 e. The van der Waals surface area contributed by atoms with E-state index in [1.165, 1.54) is 0 Å². The number of aliphatic hydroxyl groups is 2. The van der Waals surface area contributed by atoms with Crippen molar-refractivity contribution in [3.05, 3.63) is 88.8 Å². The lowest BCUT2D eigenvalue weighted by Gasteiger charge is -2.09. The number of imidazole rings is 1. The fourth-order valence-corrected chi connectivity index (χ4v) is 4.80. The van der Waals surface area contributed by atoms with Crippen LogP contribution in [0, 0.1) is 0 Å². The first-order chi connectivity index (χ1) is 20.6. The largest absolute Gasteiger partial charge is 0.491 e. The highest BCUT2D eigenvalue weighted by atomic mass is 35.5. The van der Waals surface area contributed by atoms with Gasteiger partial charge in [0.15, 0.2) is 0 Å². The molecule has 10 nitrogen and oxygen atoms in total. The van der Waals surface area contributed by atoms with Crippen LogP contribution in [0.1, 0.15) is 12.0 Å². The number of nitrogens with one attached hydrogen (secondary N) is 2. The third-order valence-corrected chi connectivity index (χ3v) is 6.68. The molecule has 0 aliphatic carbocycles. The van der Waals surface area contributed by atoms with Gasteiger partial charge >= 0.3 is 0 Å². The third kappa shape index (κ3) is 7.15. The summed E-state index contributed by atoms with van der Waals surface area (Å²) in [5.74, 6) is 1.93. The Balaban J connectivity index is 1.55. The van der Waals surface area contributed by atoms with Crippen molar-refractivity contribution in [3.63, 3.8) is 0 Å². The van der Waals surface area contributed by atoms with Gasteiger partial charge in [-0.1, -0.05) is 41.4 Å². The second-order valence-electron chi connectivity index (χ2n) is 9.09. The van der Waals surface area contributed by atoms with Crippen LogP contribution >= 0.6 is 23.2 Å². The molecule has 12 heteroatoms. The van der Waals surface area contributed by atoms with E-state index in [-0.39, 0.29) is 19.8 Å². The highest BCUT2D eigenvalue weighted by Gasteiger charge is 2.21. The molecule has 2 aromatic carbocycles. The van der Waals surface area contributed by atoms with Crippen molar-refractivity contribution in [2.45, 2.75) is 13.0 Å². The van der Waals surface area contributed by atoms with Gasteiger partial charge in [-0.3, -0.25) is 4.98 Å². The quantitative estimate of drug-likeness (QED) is 0.125. The number of hydrogen-bond acceptors (Lipinski definition) is 9. The van der Waals surface area contributed by atoms with Crippen molar-refractivity contribution in [2.24, 2.45) is 0 Å². The predicted octanol–water partition coefficient (Wildman–Crippen LogP) is 5.65. The number of ether oxygens (including phenoxy) is 2. The van der Waals surface area contributed by atoms with Crippen LogP contribution < -0.4 is 14.8 Å². The van der Waals surface area contributed by atoms with E-state index in [1.54, 1.807) is 36.8 Å². The van der Waals surface area contributed by atoms with Crippen molar-refractivity contribution in [1.82, 2.24) is 24.9 Å². The average molecular weight is 607 g/mol. The number of rotatable bonds is 13. The molecule has 0 atom stereocenters.